The molecular formula is C22H15F4N3O6S. The molecule has 0 atom stereocenters. The van der Waals surface area contributed by atoms with Gasteiger partial charge in [0.15, 0.2) is 5.75 Å². The molecule has 0 saturated heterocycles. The van der Waals surface area contributed by atoms with Crippen LogP contribution in [0.2, 0.25) is 0 Å². The molecule has 188 valence electrons. The van der Waals surface area contributed by atoms with Crippen LogP contribution >= 0.6 is 0 Å². The van der Waals surface area contributed by atoms with E-state index in [9.17, 15) is 35.6 Å². The van der Waals surface area contributed by atoms with Crippen molar-refractivity contribution in [2.24, 2.45) is 5.73 Å². The summed E-state index contributed by atoms with van der Waals surface area (Å²) >= 11 is 0. The van der Waals surface area contributed by atoms with E-state index in [2.05, 4.69) is 9.46 Å². The highest BCUT2D eigenvalue weighted by Gasteiger charge is 2.42. The van der Waals surface area contributed by atoms with E-state index < -0.39 is 50.2 Å². The molecule has 14 heteroatoms. The summed E-state index contributed by atoms with van der Waals surface area (Å²) in [6.07, 6.45) is -5.40. The molecule has 0 heterocycles. The first-order valence-corrected chi connectivity index (χ1v) is 11.1. The summed E-state index contributed by atoms with van der Waals surface area (Å²) in [7, 11) is -4.49. The first-order chi connectivity index (χ1) is 16.8. The lowest BCUT2D eigenvalue weighted by Crippen LogP contribution is -2.28. The average molecular weight is 525 g/mol. The van der Waals surface area contributed by atoms with Crippen molar-refractivity contribution in [3.05, 3.63) is 83.7 Å². The van der Waals surface area contributed by atoms with Crippen molar-refractivity contribution in [1.29, 1.82) is 5.41 Å². The number of carbonyl (C=O) groups is 2. The zero-order valence-corrected chi connectivity index (χ0v) is 18.6. The van der Waals surface area contributed by atoms with Crippen LogP contribution in [-0.4, -0.2) is 32.4 Å². The van der Waals surface area contributed by atoms with Crippen LogP contribution in [0.15, 0.2) is 71.6 Å². The van der Waals surface area contributed by atoms with E-state index in [1.165, 1.54) is 30.3 Å². The Morgan fingerprint density at radius 1 is 0.944 bits per heavy atom. The van der Waals surface area contributed by atoms with Crippen molar-refractivity contribution < 1.29 is 45.0 Å². The number of benzene rings is 3. The first-order valence-electron chi connectivity index (χ1n) is 9.64. The molecule has 0 bridgehead atoms. The van der Waals surface area contributed by atoms with Crippen molar-refractivity contribution in [3.63, 3.8) is 0 Å². The number of halogens is 4. The van der Waals surface area contributed by atoms with Gasteiger partial charge in [-0.05, 0) is 54.6 Å². The zero-order chi connectivity index (χ0) is 26.7. The molecule has 0 aliphatic heterocycles. The lowest BCUT2D eigenvalue weighted by Gasteiger charge is -2.14. The second-order valence-electron chi connectivity index (χ2n) is 6.99. The van der Waals surface area contributed by atoms with Gasteiger partial charge in [-0.3, -0.25) is 10.1 Å². The lowest BCUT2D eigenvalue weighted by atomic mass is 10.2. The minimum Gasteiger partial charge on any atom is -0.456 e. The third-order valence-corrected chi connectivity index (χ3v) is 5.78. The second-order valence-corrected chi connectivity index (χ2v) is 8.64. The summed E-state index contributed by atoms with van der Waals surface area (Å²) in [4.78, 5) is 22.2. The van der Waals surface area contributed by atoms with Crippen LogP contribution in [0.5, 0.6) is 11.5 Å². The van der Waals surface area contributed by atoms with Crippen molar-refractivity contribution in [2.45, 2.75) is 11.1 Å². The summed E-state index contributed by atoms with van der Waals surface area (Å²) < 4.78 is 88.1. The molecule has 0 radical (unpaired) electrons. The average Bonchev–Trinajstić information content (AvgIpc) is 2.78. The number of nitrogens with two attached hydrogens (primary N) is 1. The number of anilines is 1. The Hall–Kier alpha value is -4.46. The number of hydrogen-bond donors (Lipinski definition) is 3. The molecule has 4 N–H and O–H groups in total. The molecule has 3 rings (SSSR count). The van der Waals surface area contributed by atoms with Gasteiger partial charge < -0.3 is 15.2 Å². The maximum atomic E-state index is 13.9. The maximum absolute atomic E-state index is 13.9. The SMILES string of the molecule is N=C(N)c1ccc(Oc2cc(F)ccc2S(=O)(=O)Nc2cccc(C(=O)OC(=O)C(F)(F)F)c2)cc1. The zero-order valence-electron chi connectivity index (χ0n) is 17.8. The Bertz CT molecular complexity index is 1440. The van der Waals surface area contributed by atoms with E-state index in [-0.39, 0.29) is 17.3 Å². The van der Waals surface area contributed by atoms with E-state index in [0.717, 1.165) is 36.4 Å². The molecule has 0 aliphatic rings. The van der Waals surface area contributed by atoms with Gasteiger partial charge in [-0.2, -0.15) is 13.2 Å². The van der Waals surface area contributed by atoms with E-state index in [1.54, 1.807) is 0 Å². The summed E-state index contributed by atoms with van der Waals surface area (Å²) in [5.41, 5.74) is 4.92. The molecule has 0 aliphatic carbocycles. The van der Waals surface area contributed by atoms with Gasteiger partial charge in [0.05, 0.1) is 5.56 Å². The van der Waals surface area contributed by atoms with E-state index >= 15 is 0 Å². The van der Waals surface area contributed by atoms with E-state index in [1.807, 2.05) is 0 Å². The van der Waals surface area contributed by atoms with Gasteiger partial charge in [0, 0.05) is 17.3 Å². The van der Waals surface area contributed by atoms with Crippen molar-refractivity contribution in [2.75, 3.05) is 4.72 Å². The van der Waals surface area contributed by atoms with Crippen molar-refractivity contribution in [3.8, 4) is 11.5 Å². The van der Waals surface area contributed by atoms with Gasteiger partial charge >= 0.3 is 18.1 Å². The number of amidine groups is 1. The van der Waals surface area contributed by atoms with Gasteiger partial charge in [0.1, 0.15) is 22.3 Å². The summed E-state index contributed by atoms with van der Waals surface area (Å²) in [5, 5.41) is 7.38. The highest BCUT2D eigenvalue weighted by atomic mass is 32.2. The first kappa shape index (κ1) is 26.2. The van der Waals surface area contributed by atoms with Crippen LogP contribution in [0, 0.1) is 11.2 Å². The minimum absolute atomic E-state index is 0.0983. The second kappa shape index (κ2) is 10.0. The van der Waals surface area contributed by atoms with Crippen LogP contribution in [0.25, 0.3) is 0 Å². The largest absolute Gasteiger partial charge is 0.491 e. The van der Waals surface area contributed by atoms with Crippen LogP contribution in [0.4, 0.5) is 23.2 Å². The number of ether oxygens (including phenoxy) is 2. The van der Waals surface area contributed by atoms with Gasteiger partial charge in [-0.1, -0.05) is 6.07 Å². The molecule has 0 amide bonds. The highest BCUT2D eigenvalue weighted by Crippen LogP contribution is 2.31. The summed E-state index contributed by atoms with van der Waals surface area (Å²) in [6.45, 7) is 0. The fourth-order valence-corrected chi connectivity index (χ4v) is 3.89. The third kappa shape index (κ3) is 6.35. The molecule has 3 aromatic rings. The standard InChI is InChI=1S/C22H15F4N3O6S/c23-14-6-9-18(17(11-14)34-16-7-4-12(5-8-16)19(27)28)36(32,33)29-15-3-1-2-13(10-15)20(30)35-21(31)22(24,25)26/h1-11,29H,(H3,27,28). The normalized spacial score (nSPS) is 11.4. The Balaban J connectivity index is 1.86. The number of carbonyl (C=O) groups excluding carboxylic acids is 2. The van der Waals surface area contributed by atoms with E-state index in [0.29, 0.717) is 5.56 Å². The Morgan fingerprint density at radius 2 is 1.61 bits per heavy atom. The molecule has 0 unspecified atom stereocenters. The minimum atomic E-state index is -5.40. The number of rotatable bonds is 7. The maximum Gasteiger partial charge on any atom is 0.491 e. The van der Waals surface area contributed by atoms with E-state index in [4.69, 9.17) is 15.9 Å². The topological polar surface area (TPSA) is 149 Å². The molecule has 36 heavy (non-hydrogen) atoms. The number of alkyl halides is 3. The fraction of sp³-hybridized carbons (Fsp3) is 0.0455. The number of hydrogen-bond acceptors (Lipinski definition) is 7. The van der Waals surface area contributed by atoms with Gasteiger partial charge in [0.2, 0.25) is 0 Å². The molecule has 9 nitrogen and oxygen atoms in total. The number of nitrogen functional groups attached to an aromatic ring is 1. The Morgan fingerprint density at radius 3 is 2.22 bits per heavy atom. The fourth-order valence-electron chi connectivity index (χ4n) is 2.73. The smallest absolute Gasteiger partial charge is 0.456 e. The number of sulfonamides is 1. The summed E-state index contributed by atoms with van der Waals surface area (Å²) in [6, 6.07) is 12.3. The predicted molar refractivity (Wildman–Crippen MR) is 118 cm³/mol. The molecule has 0 aromatic heterocycles. The van der Waals surface area contributed by atoms with Crippen molar-refractivity contribution in [1.82, 2.24) is 0 Å². The molecule has 0 fully saturated rings. The summed E-state index contributed by atoms with van der Waals surface area (Å²) in [5.74, 6) is -5.73. The Labute approximate surface area is 201 Å². The number of nitrogens with one attached hydrogen (secondary N) is 2. The highest BCUT2D eigenvalue weighted by molar-refractivity contribution is 7.92. The Kier molecular flexibility index (Phi) is 7.29. The third-order valence-electron chi connectivity index (χ3n) is 4.36. The lowest BCUT2D eigenvalue weighted by molar-refractivity contribution is -0.193. The molecule has 0 saturated carbocycles. The van der Waals surface area contributed by atoms with Crippen LogP contribution < -0.4 is 15.2 Å². The monoisotopic (exact) mass is 525 g/mol. The predicted octanol–water partition coefficient (Wildman–Crippen LogP) is 3.95. The van der Waals surface area contributed by atoms with Crippen LogP contribution in [0.1, 0.15) is 15.9 Å². The quantitative estimate of drug-likeness (QED) is 0.139. The molecular weight excluding hydrogens is 510 g/mol. The van der Waals surface area contributed by atoms with Gasteiger partial charge in [-0.25, -0.2) is 22.4 Å². The number of esters is 2. The van der Waals surface area contributed by atoms with Gasteiger partial charge in [-0.15, -0.1) is 0 Å². The molecule has 3 aromatic carbocycles. The van der Waals surface area contributed by atoms with Crippen LogP contribution in [-0.2, 0) is 19.6 Å². The van der Waals surface area contributed by atoms with Gasteiger partial charge in [0.25, 0.3) is 10.0 Å². The van der Waals surface area contributed by atoms with Crippen molar-refractivity contribution >= 4 is 33.5 Å². The molecule has 0 spiro atoms. The van der Waals surface area contributed by atoms with Crippen LogP contribution in [0.3, 0.4) is 0 Å².